The van der Waals surface area contributed by atoms with Crippen molar-refractivity contribution in [1.82, 2.24) is 8.75 Å². The Morgan fingerprint density at radius 2 is 1.70 bits per heavy atom. The number of nitrogens with zero attached hydrogens (tertiary/aromatic N) is 2. The maximum Gasteiger partial charge on any atom is 0.341 e. The summed E-state index contributed by atoms with van der Waals surface area (Å²) in [4.78, 5) is 0.0249. The third-order valence-electron chi connectivity index (χ3n) is 3.45. The Bertz CT molecular complexity index is 1120. The smallest absolute Gasteiger partial charge is 0.341 e. The lowest BCUT2D eigenvalue weighted by molar-refractivity contribution is 0.487. The van der Waals surface area contributed by atoms with Gasteiger partial charge in [0, 0.05) is 0 Å². The average Bonchev–Trinajstić information content (AvgIpc) is 3.02. The van der Waals surface area contributed by atoms with Crippen LogP contribution >= 0.6 is 11.7 Å². The van der Waals surface area contributed by atoms with Gasteiger partial charge in [0.05, 0.1) is 11.7 Å². The van der Waals surface area contributed by atoms with E-state index in [1.54, 1.807) is 24.3 Å². The molecule has 4 aromatic rings. The second kappa shape index (κ2) is 5.29. The Balaban J connectivity index is 1.78. The molecule has 0 N–H and O–H groups in total. The highest BCUT2D eigenvalue weighted by molar-refractivity contribution is 7.87. The summed E-state index contributed by atoms with van der Waals surface area (Å²) in [5.41, 5.74) is 0.872. The van der Waals surface area contributed by atoms with E-state index in [-0.39, 0.29) is 10.6 Å². The summed E-state index contributed by atoms with van der Waals surface area (Å²) in [7, 11) is -3.97. The molecule has 0 amide bonds. The fraction of sp³-hybridized carbons (Fsp3) is 0. The van der Waals surface area contributed by atoms with Crippen LogP contribution in [0.15, 0.2) is 65.6 Å². The molecule has 1 aromatic heterocycles. The minimum Gasteiger partial charge on any atom is -0.379 e. The normalized spacial score (nSPS) is 11.8. The van der Waals surface area contributed by atoms with Gasteiger partial charge in [0.1, 0.15) is 21.7 Å². The first kappa shape index (κ1) is 14.1. The summed E-state index contributed by atoms with van der Waals surface area (Å²) in [6.07, 6.45) is 0. The van der Waals surface area contributed by atoms with Crippen molar-refractivity contribution in [2.24, 2.45) is 0 Å². The first-order valence-corrected chi connectivity index (χ1v) is 8.92. The molecule has 0 spiro atoms. The van der Waals surface area contributed by atoms with E-state index in [2.05, 4.69) is 8.75 Å². The van der Waals surface area contributed by atoms with Gasteiger partial charge in [-0.3, -0.25) is 0 Å². The van der Waals surface area contributed by atoms with E-state index in [9.17, 15) is 8.42 Å². The number of hydrogen-bond donors (Lipinski definition) is 0. The van der Waals surface area contributed by atoms with E-state index in [4.69, 9.17) is 4.18 Å². The molecule has 5 nitrogen and oxygen atoms in total. The van der Waals surface area contributed by atoms with Gasteiger partial charge >= 0.3 is 10.1 Å². The zero-order valence-electron chi connectivity index (χ0n) is 11.7. The first-order valence-electron chi connectivity index (χ1n) is 6.78. The van der Waals surface area contributed by atoms with E-state index < -0.39 is 10.1 Å². The van der Waals surface area contributed by atoms with Gasteiger partial charge in [0.2, 0.25) is 0 Å². The highest BCUT2D eigenvalue weighted by atomic mass is 32.2. The highest BCUT2D eigenvalue weighted by Crippen LogP contribution is 2.27. The fourth-order valence-corrected chi connectivity index (χ4v) is 4.06. The van der Waals surface area contributed by atoms with Crippen molar-refractivity contribution in [1.29, 1.82) is 0 Å². The van der Waals surface area contributed by atoms with Crippen molar-refractivity contribution in [3.05, 3.63) is 60.7 Å². The molecule has 1 heterocycles. The maximum atomic E-state index is 12.6. The molecular formula is C16H10N2O3S2. The lowest BCUT2D eigenvalue weighted by Crippen LogP contribution is -2.10. The number of aromatic nitrogens is 2. The lowest BCUT2D eigenvalue weighted by Gasteiger charge is -2.08. The SMILES string of the molecule is O=S(=O)(Oc1ccc2ccccc2c1)c1cccc2nsnc12. The second-order valence-electron chi connectivity index (χ2n) is 4.93. The van der Waals surface area contributed by atoms with Crippen LogP contribution in [-0.2, 0) is 10.1 Å². The van der Waals surface area contributed by atoms with Gasteiger partial charge in [-0.25, -0.2) is 0 Å². The van der Waals surface area contributed by atoms with Crippen molar-refractivity contribution in [2.45, 2.75) is 4.90 Å². The molecule has 0 atom stereocenters. The van der Waals surface area contributed by atoms with Crippen LogP contribution in [0.4, 0.5) is 0 Å². The van der Waals surface area contributed by atoms with E-state index >= 15 is 0 Å². The summed E-state index contributed by atoms with van der Waals surface area (Å²) < 4.78 is 38.5. The van der Waals surface area contributed by atoms with Gasteiger partial charge in [0.15, 0.2) is 0 Å². The monoisotopic (exact) mass is 342 g/mol. The molecule has 0 unspecified atom stereocenters. The highest BCUT2D eigenvalue weighted by Gasteiger charge is 2.21. The summed E-state index contributed by atoms with van der Waals surface area (Å²) in [6.45, 7) is 0. The molecule has 23 heavy (non-hydrogen) atoms. The topological polar surface area (TPSA) is 69.2 Å². The second-order valence-corrected chi connectivity index (χ2v) is 6.98. The number of hydrogen-bond acceptors (Lipinski definition) is 6. The molecule has 0 aliphatic carbocycles. The predicted molar refractivity (Wildman–Crippen MR) is 89.2 cm³/mol. The molecule has 114 valence electrons. The molecule has 0 aliphatic rings. The molecule has 0 fully saturated rings. The molecule has 0 saturated heterocycles. The molecule has 0 aliphatic heterocycles. The van der Waals surface area contributed by atoms with Crippen LogP contribution < -0.4 is 4.18 Å². The minimum absolute atomic E-state index is 0.0249. The Hall–Kier alpha value is -2.51. The van der Waals surface area contributed by atoms with Crippen molar-refractivity contribution in [3.8, 4) is 5.75 Å². The van der Waals surface area contributed by atoms with Gasteiger partial charge in [-0.15, -0.1) is 0 Å². The molecule has 4 rings (SSSR count). The van der Waals surface area contributed by atoms with Crippen LogP contribution in [0, 0.1) is 0 Å². The zero-order valence-corrected chi connectivity index (χ0v) is 13.3. The van der Waals surface area contributed by atoms with E-state index in [1.165, 1.54) is 6.07 Å². The van der Waals surface area contributed by atoms with Crippen molar-refractivity contribution < 1.29 is 12.6 Å². The van der Waals surface area contributed by atoms with E-state index in [1.807, 2.05) is 30.3 Å². The molecule has 0 radical (unpaired) electrons. The molecule has 0 bridgehead atoms. The predicted octanol–water partition coefficient (Wildman–Crippen LogP) is 3.61. The minimum atomic E-state index is -3.97. The van der Waals surface area contributed by atoms with Gasteiger partial charge < -0.3 is 4.18 Å². The molecule has 0 saturated carbocycles. The fourth-order valence-electron chi connectivity index (χ4n) is 2.37. The van der Waals surface area contributed by atoms with Crippen LogP contribution in [0.5, 0.6) is 5.75 Å². The molecular weight excluding hydrogens is 332 g/mol. The molecule has 7 heteroatoms. The van der Waals surface area contributed by atoms with Crippen molar-refractivity contribution in [2.75, 3.05) is 0 Å². The van der Waals surface area contributed by atoms with Crippen molar-refractivity contribution in [3.63, 3.8) is 0 Å². The average molecular weight is 342 g/mol. The Morgan fingerprint density at radius 3 is 2.57 bits per heavy atom. The van der Waals surface area contributed by atoms with Crippen LogP contribution in [0.1, 0.15) is 0 Å². The Kier molecular flexibility index (Phi) is 3.24. The van der Waals surface area contributed by atoms with Crippen molar-refractivity contribution >= 4 is 43.7 Å². The van der Waals surface area contributed by atoms with Gasteiger partial charge in [-0.2, -0.15) is 17.2 Å². The van der Waals surface area contributed by atoms with Crippen LogP contribution in [-0.4, -0.2) is 17.2 Å². The van der Waals surface area contributed by atoms with E-state index in [0.29, 0.717) is 11.0 Å². The number of rotatable bonds is 3. The summed E-state index contributed by atoms with van der Waals surface area (Å²) in [5, 5.41) is 1.93. The Labute approximate surface area is 136 Å². The third-order valence-corrected chi connectivity index (χ3v) is 5.27. The van der Waals surface area contributed by atoms with Gasteiger partial charge in [-0.05, 0) is 35.0 Å². The van der Waals surface area contributed by atoms with Gasteiger partial charge in [-0.1, -0.05) is 36.4 Å². The Morgan fingerprint density at radius 1 is 0.870 bits per heavy atom. The quantitative estimate of drug-likeness (QED) is 0.532. The maximum absolute atomic E-state index is 12.6. The lowest BCUT2D eigenvalue weighted by atomic mass is 10.1. The number of fused-ring (bicyclic) bond motifs is 2. The standard InChI is InChI=1S/C16H10N2O3S2/c19-23(20,15-7-3-6-14-16(15)18-22-17-14)21-13-9-8-11-4-1-2-5-12(11)10-13/h1-10H. The third kappa shape index (κ3) is 2.54. The van der Waals surface area contributed by atoms with Crippen LogP contribution in [0.25, 0.3) is 21.8 Å². The van der Waals surface area contributed by atoms with E-state index in [0.717, 1.165) is 22.5 Å². The molecule has 3 aromatic carbocycles. The largest absolute Gasteiger partial charge is 0.379 e. The summed E-state index contributed by atoms with van der Waals surface area (Å²) >= 11 is 0.971. The zero-order chi connectivity index (χ0) is 15.9. The van der Waals surface area contributed by atoms with Gasteiger partial charge in [0.25, 0.3) is 0 Å². The number of benzene rings is 3. The first-order chi connectivity index (χ1) is 11.1. The van der Waals surface area contributed by atoms with Crippen LogP contribution in [0.2, 0.25) is 0 Å². The summed E-state index contributed by atoms with van der Waals surface area (Å²) in [5.74, 6) is 0.267. The van der Waals surface area contributed by atoms with Crippen LogP contribution in [0.3, 0.4) is 0 Å². The summed E-state index contributed by atoms with van der Waals surface area (Å²) in [6, 6.07) is 17.7.